The Kier molecular flexibility index (Phi) is 5.21. The van der Waals surface area contributed by atoms with Gasteiger partial charge < -0.3 is 9.15 Å². The molecule has 0 fully saturated rings. The zero-order chi connectivity index (χ0) is 19.5. The summed E-state index contributed by atoms with van der Waals surface area (Å²) in [7, 11) is 0. The summed E-state index contributed by atoms with van der Waals surface area (Å²) < 4.78 is 25.1. The molecule has 0 aliphatic carbocycles. The highest BCUT2D eigenvalue weighted by atomic mass is 35.5. The lowest BCUT2D eigenvalue weighted by Gasteiger charge is -2.06. The van der Waals surface area contributed by atoms with Crippen LogP contribution in [0.4, 0.5) is 4.39 Å². The first-order valence-corrected chi connectivity index (χ1v) is 9.31. The lowest BCUT2D eigenvalue weighted by molar-refractivity contribution is 0.307. The zero-order valence-electron chi connectivity index (χ0n) is 15.2. The number of benzene rings is 2. The van der Waals surface area contributed by atoms with E-state index >= 15 is 0 Å². The van der Waals surface area contributed by atoms with Crippen LogP contribution in [-0.2, 0) is 6.42 Å². The fourth-order valence-electron chi connectivity index (χ4n) is 2.75. The standard InChI is InChI=1S/C21H17ClFN3O2/c1-2-10-27-20-18-21(28-19(26-18)14-4-3-5-16(23)12-14)25-17(24-20)11-13-6-8-15(22)9-7-13/h3-9,12H,2,10-11H2,1H3. The fraction of sp³-hybridized carbons (Fsp3) is 0.190. The van der Waals surface area contributed by atoms with E-state index in [4.69, 9.17) is 20.8 Å². The maximum Gasteiger partial charge on any atom is 0.254 e. The van der Waals surface area contributed by atoms with Crippen molar-refractivity contribution in [2.45, 2.75) is 19.8 Å². The summed E-state index contributed by atoms with van der Waals surface area (Å²) in [6.45, 7) is 2.50. The van der Waals surface area contributed by atoms with Crippen molar-refractivity contribution >= 4 is 22.8 Å². The number of aromatic nitrogens is 3. The summed E-state index contributed by atoms with van der Waals surface area (Å²) >= 11 is 5.95. The largest absolute Gasteiger partial charge is 0.476 e. The third-order valence-electron chi connectivity index (χ3n) is 4.06. The summed E-state index contributed by atoms with van der Waals surface area (Å²) in [6, 6.07) is 13.5. The molecule has 0 bridgehead atoms. The average Bonchev–Trinajstić information content (AvgIpc) is 3.12. The van der Waals surface area contributed by atoms with Crippen molar-refractivity contribution in [3.05, 3.63) is 70.8 Å². The number of rotatable bonds is 6. The van der Waals surface area contributed by atoms with E-state index in [1.165, 1.54) is 12.1 Å². The molecule has 4 aromatic rings. The van der Waals surface area contributed by atoms with Crippen LogP contribution in [0.5, 0.6) is 5.88 Å². The van der Waals surface area contributed by atoms with Gasteiger partial charge in [-0.3, -0.25) is 0 Å². The van der Waals surface area contributed by atoms with Crippen LogP contribution in [0.15, 0.2) is 52.9 Å². The topological polar surface area (TPSA) is 61.0 Å². The third-order valence-corrected chi connectivity index (χ3v) is 4.31. The molecule has 4 rings (SSSR count). The minimum Gasteiger partial charge on any atom is -0.476 e. The van der Waals surface area contributed by atoms with Gasteiger partial charge in [0.25, 0.3) is 5.71 Å². The van der Waals surface area contributed by atoms with E-state index in [9.17, 15) is 4.39 Å². The molecule has 142 valence electrons. The Morgan fingerprint density at radius 2 is 1.89 bits per heavy atom. The summed E-state index contributed by atoms with van der Waals surface area (Å²) in [5.74, 6) is 0.815. The molecule has 2 aromatic heterocycles. The molecular formula is C21H17ClFN3O2. The Morgan fingerprint density at radius 3 is 2.64 bits per heavy atom. The molecule has 0 N–H and O–H groups in total. The second-order valence-electron chi connectivity index (χ2n) is 6.28. The molecule has 2 aromatic carbocycles. The Balaban J connectivity index is 1.75. The van der Waals surface area contributed by atoms with Crippen LogP contribution in [0.3, 0.4) is 0 Å². The molecule has 0 amide bonds. The highest BCUT2D eigenvalue weighted by molar-refractivity contribution is 6.30. The van der Waals surface area contributed by atoms with E-state index in [2.05, 4.69) is 15.0 Å². The molecule has 0 radical (unpaired) electrons. The molecule has 0 spiro atoms. The smallest absolute Gasteiger partial charge is 0.254 e. The van der Waals surface area contributed by atoms with Gasteiger partial charge in [0, 0.05) is 17.0 Å². The van der Waals surface area contributed by atoms with Crippen molar-refractivity contribution in [1.82, 2.24) is 15.0 Å². The Labute approximate surface area is 166 Å². The molecule has 0 aliphatic rings. The number of halogens is 2. The van der Waals surface area contributed by atoms with Gasteiger partial charge in [-0.15, -0.1) is 0 Å². The van der Waals surface area contributed by atoms with E-state index in [1.807, 2.05) is 31.2 Å². The van der Waals surface area contributed by atoms with Crippen LogP contribution in [0.2, 0.25) is 5.02 Å². The van der Waals surface area contributed by atoms with E-state index in [-0.39, 0.29) is 11.7 Å². The number of oxazole rings is 1. The van der Waals surface area contributed by atoms with Crippen molar-refractivity contribution in [2.75, 3.05) is 6.61 Å². The average molecular weight is 398 g/mol. The molecule has 28 heavy (non-hydrogen) atoms. The van der Waals surface area contributed by atoms with Gasteiger partial charge in [0.05, 0.1) is 6.61 Å². The quantitative estimate of drug-likeness (QED) is 0.432. The Morgan fingerprint density at radius 1 is 1.07 bits per heavy atom. The van der Waals surface area contributed by atoms with Crippen LogP contribution in [-0.4, -0.2) is 21.6 Å². The van der Waals surface area contributed by atoms with Gasteiger partial charge in [0.2, 0.25) is 11.8 Å². The Hall–Kier alpha value is -2.99. The first-order chi connectivity index (χ1) is 13.6. The van der Waals surface area contributed by atoms with Gasteiger partial charge in [-0.05, 0) is 42.3 Å². The van der Waals surface area contributed by atoms with Gasteiger partial charge >= 0.3 is 0 Å². The molecule has 0 unspecified atom stereocenters. The van der Waals surface area contributed by atoms with Crippen molar-refractivity contribution in [3.8, 4) is 17.3 Å². The SMILES string of the molecule is CCCOc1nc(Cc2ccc(Cl)cc2)nc2oc(-c3cccc(F)c3)nc12. The maximum absolute atomic E-state index is 13.6. The third kappa shape index (κ3) is 3.97. The number of ether oxygens (including phenoxy) is 1. The Bertz CT molecular complexity index is 1110. The van der Waals surface area contributed by atoms with Crippen LogP contribution in [0, 0.1) is 5.82 Å². The van der Waals surface area contributed by atoms with Crippen LogP contribution in [0.1, 0.15) is 24.7 Å². The minimum atomic E-state index is -0.364. The maximum atomic E-state index is 13.6. The summed E-state index contributed by atoms with van der Waals surface area (Å²) in [4.78, 5) is 13.4. The number of hydrogen-bond donors (Lipinski definition) is 0. The van der Waals surface area contributed by atoms with Gasteiger partial charge in [0.15, 0.2) is 5.52 Å². The highest BCUT2D eigenvalue weighted by Gasteiger charge is 2.18. The van der Waals surface area contributed by atoms with E-state index < -0.39 is 0 Å². The number of fused-ring (bicyclic) bond motifs is 1. The van der Waals surface area contributed by atoms with Crippen molar-refractivity contribution in [2.24, 2.45) is 0 Å². The second kappa shape index (κ2) is 7.94. The predicted octanol–water partition coefficient (Wildman–Crippen LogP) is 5.46. The normalized spacial score (nSPS) is 11.1. The highest BCUT2D eigenvalue weighted by Crippen LogP contribution is 2.29. The summed E-state index contributed by atoms with van der Waals surface area (Å²) in [5, 5.41) is 0.669. The van der Waals surface area contributed by atoms with Crippen molar-refractivity contribution in [3.63, 3.8) is 0 Å². The van der Waals surface area contributed by atoms with E-state index in [0.29, 0.717) is 46.5 Å². The first-order valence-electron chi connectivity index (χ1n) is 8.93. The lowest BCUT2D eigenvalue weighted by Crippen LogP contribution is -2.03. The van der Waals surface area contributed by atoms with Crippen LogP contribution in [0.25, 0.3) is 22.7 Å². The molecular weight excluding hydrogens is 381 g/mol. The molecule has 2 heterocycles. The number of hydrogen-bond acceptors (Lipinski definition) is 5. The van der Waals surface area contributed by atoms with Gasteiger partial charge in [-0.25, -0.2) is 9.37 Å². The zero-order valence-corrected chi connectivity index (χ0v) is 15.9. The van der Waals surface area contributed by atoms with Crippen LogP contribution < -0.4 is 4.74 Å². The molecule has 0 saturated carbocycles. The van der Waals surface area contributed by atoms with Gasteiger partial charge in [0.1, 0.15) is 11.6 Å². The minimum absolute atomic E-state index is 0.272. The van der Waals surface area contributed by atoms with Crippen molar-refractivity contribution in [1.29, 1.82) is 0 Å². The first kappa shape index (κ1) is 18.4. The molecule has 0 saturated heterocycles. The molecule has 0 atom stereocenters. The molecule has 5 nitrogen and oxygen atoms in total. The fourth-order valence-corrected chi connectivity index (χ4v) is 2.87. The predicted molar refractivity (Wildman–Crippen MR) is 105 cm³/mol. The van der Waals surface area contributed by atoms with Gasteiger partial charge in [-0.1, -0.05) is 36.7 Å². The van der Waals surface area contributed by atoms with E-state index in [1.54, 1.807) is 12.1 Å². The van der Waals surface area contributed by atoms with Gasteiger partial charge in [-0.2, -0.15) is 9.97 Å². The van der Waals surface area contributed by atoms with Crippen molar-refractivity contribution < 1.29 is 13.5 Å². The number of nitrogens with zero attached hydrogens (tertiary/aromatic N) is 3. The summed E-state index contributed by atoms with van der Waals surface area (Å²) in [6.07, 6.45) is 1.32. The monoisotopic (exact) mass is 397 g/mol. The molecule has 7 heteroatoms. The van der Waals surface area contributed by atoms with Crippen LogP contribution >= 0.6 is 11.6 Å². The lowest BCUT2D eigenvalue weighted by atomic mass is 10.1. The summed E-state index contributed by atoms with van der Waals surface area (Å²) in [5.41, 5.74) is 2.27. The molecule has 0 aliphatic heterocycles. The second-order valence-corrected chi connectivity index (χ2v) is 6.72. The van der Waals surface area contributed by atoms with E-state index in [0.717, 1.165) is 12.0 Å².